The third kappa shape index (κ3) is 3.16. The molecule has 3 aromatic rings. The molecule has 0 N–H and O–H groups in total. The van der Waals surface area contributed by atoms with Crippen molar-refractivity contribution in [2.45, 2.75) is 26.3 Å². The molecule has 3 rings (SSSR count). The van der Waals surface area contributed by atoms with Gasteiger partial charge in [0, 0.05) is 5.69 Å². The van der Waals surface area contributed by atoms with Crippen LogP contribution in [-0.4, -0.2) is 20.0 Å². The molecule has 4 heteroatoms. The van der Waals surface area contributed by atoms with Crippen LogP contribution in [0.15, 0.2) is 54.7 Å². The summed E-state index contributed by atoms with van der Waals surface area (Å²) in [7, 11) is 0. The number of rotatable bonds is 4. The zero-order valence-corrected chi connectivity index (χ0v) is 12.3. The van der Waals surface area contributed by atoms with Crippen LogP contribution in [-0.2, 0) is 6.54 Å². The first kappa shape index (κ1) is 13.5. The minimum atomic E-state index is 0.407. The molecule has 0 atom stereocenters. The zero-order chi connectivity index (χ0) is 14.7. The molecule has 0 unspecified atom stereocenters. The van der Waals surface area contributed by atoms with Gasteiger partial charge in [-0.3, -0.25) is 4.98 Å². The SMILES string of the molecule is CC(C)c1cccc(-c2cn(Cc3ccccc3)nn2)n1. The summed E-state index contributed by atoms with van der Waals surface area (Å²) in [5.41, 5.74) is 3.97. The summed E-state index contributed by atoms with van der Waals surface area (Å²) in [6.45, 7) is 4.99. The fourth-order valence-corrected chi connectivity index (χ4v) is 2.18. The van der Waals surface area contributed by atoms with E-state index in [2.05, 4.69) is 41.3 Å². The number of aromatic nitrogens is 4. The molecule has 2 aromatic heterocycles. The van der Waals surface area contributed by atoms with Gasteiger partial charge in [-0.25, -0.2) is 4.68 Å². The van der Waals surface area contributed by atoms with Crippen molar-refractivity contribution in [1.82, 2.24) is 20.0 Å². The van der Waals surface area contributed by atoms with E-state index in [1.807, 2.05) is 47.3 Å². The second kappa shape index (κ2) is 5.87. The molecular formula is C17H18N4. The van der Waals surface area contributed by atoms with E-state index in [0.29, 0.717) is 5.92 Å². The lowest BCUT2D eigenvalue weighted by molar-refractivity contribution is 0.650. The second-order valence-electron chi connectivity index (χ2n) is 5.39. The lowest BCUT2D eigenvalue weighted by Gasteiger charge is -2.04. The van der Waals surface area contributed by atoms with Crippen LogP contribution in [0.1, 0.15) is 31.0 Å². The highest BCUT2D eigenvalue weighted by Crippen LogP contribution is 2.18. The van der Waals surface area contributed by atoms with Gasteiger partial charge >= 0.3 is 0 Å². The summed E-state index contributed by atoms with van der Waals surface area (Å²) in [5, 5.41) is 8.42. The van der Waals surface area contributed by atoms with Crippen molar-refractivity contribution in [3.63, 3.8) is 0 Å². The van der Waals surface area contributed by atoms with Crippen LogP contribution >= 0.6 is 0 Å². The first-order valence-corrected chi connectivity index (χ1v) is 7.14. The van der Waals surface area contributed by atoms with Crippen molar-refractivity contribution >= 4 is 0 Å². The molecule has 2 heterocycles. The molecule has 21 heavy (non-hydrogen) atoms. The molecular weight excluding hydrogens is 260 g/mol. The molecule has 0 aliphatic heterocycles. The van der Waals surface area contributed by atoms with Gasteiger partial charge in [0.2, 0.25) is 0 Å². The highest BCUT2D eigenvalue weighted by molar-refractivity contribution is 5.52. The first-order chi connectivity index (χ1) is 10.2. The van der Waals surface area contributed by atoms with Crippen LogP contribution in [0.25, 0.3) is 11.4 Å². The summed E-state index contributed by atoms with van der Waals surface area (Å²) in [6, 6.07) is 16.3. The minimum absolute atomic E-state index is 0.407. The molecule has 0 saturated carbocycles. The second-order valence-corrected chi connectivity index (χ2v) is 5.39. The normalized spacial score (nSPS) is 11.0. The van der Waals surface area contributed by atoms with Crippen molar-refractivity contribution in [2.75, 3.05) is 0 Å². The monoisotopic (exact) mass is 278 g/mol. The van der Waals surface area contributed by atoms with E-state index in [-0.39, 0.29) is 0 Å². The standard InChI is InChI=1S/C17H18N4/c1-13(2)15-9-6-10-16(18-15)17-12-21(20-19-17)11-14-7-4-3-5-8-14/h3-10,12-13H,11H2,1-2H3. The molecule has 106 valence electrons. The number of hydrogen-bond donors (Lipinski definition) is 0. The Kier molecular flexibility index (Phi) is 3.77. The van der Waals surface area contributed by atoms with Crippen molar-refractivity contribution in [3.8, 4) is 11.4 Å². The van der Waals surface area contributed by atoms with Crippen molar-refractivity contribution in [2.24, 2.45) is 0 Å². The van der Waals surface area contributed by atoms with Crippen molar-refractivity contribution in [3.05, 3.63) is 66.0 Å². The smallest absolute Gasteiger partial charge is 0.131 e. The quantitative estimate of drug-likeness (QED) is 0.733. The van der Waals surface area contributed by atoms with Crippen LogP contribution < -0.4 is 0 Å². The van der Waals surface area contributed by atoms with Gasteiger partial charge in [-0.15, -0.1) is 5.10 Å². The Labute approximate surface area is 124 Å². The van der Waals surface area contributed by atoms with E-state index in [4.69, 9.17) is 0 Å². The van der Waals surface area contributed by atoms with E-state index in [1.165, 1.54) is 5.56 Å². The number of pyridine rings is 1. The maximum absolute atomic E-state index is 4.65. The molecule has 0 amide bonds. The lowest BCUT2D eigenvalue weighted by Crippen LogP contribution is -1.99. The summed E-state index contributed by atoms with van der Waals surface area (Å²) in [4.78, 5) is 4.65. The van der Waals surface area contributed by atoms with Gasteiger partial charge < -0.3 is 0 Å². The maximum atomic E-state index is 4.65. The number of nitrogens with zero attached hydrogens (tertiary/aromatic N) is 4. The summed E-state index contributed by atoms with van der Waals surface area (Å²) in [5.74, 6) is 0.407. The van der Waals surface area contributed by atoms with Gasteiger partial charge in [-0.1, -0.05) is 55.5 Å². The Morgan fingerprint density at radius 2 is 1.76 bits per heavy atom. The van der Waals surface area contributed by atoms with Gasteiger partial charge in [-0.05, 0) is 23.6 Å². The molecule has 0 saturated heterocycles. The Balaban J connectivity index is 1.83. The van der Waals surface area contributed by atoms with Crippen LogP contribution in [0.4, 0.5) is 0 Å². The third-order valence-electron chi connectivity index (χ3n) is 3.35. The first-order valence-electron chi connectivity index (χ1n) is 7.14. The largest absolute Gasteiger partial charge is 0.251 e. The van der Waals surface area contributed by atoms with E-state index >= 15 is 0 Å². The van der Waals surface area contributed by atoms with Gasteiger partial charge in [-0.2, -0.15) is 0 Å². The average Bonchev–Trinajstić information content (AvgIpc) is 2.97. The minimum Gasteiger partial charge on any atom is -0.251 e. The topological polar surface area (TPSA) is 43.6 Å². The third-order valence-corrected chi connectivity index (χ3v) is 3.35. The fourth-order valence-electron chi connectivity index (χ4n) is 2.18. The van der Waals surface area contributed by atoms with Gasteiger partial charge in [0.25, 0.3) is 0 Å². The van der Waals surface area contributed by atoms with Crippen LogP contribution in [0.3, 0.4) is 0 Å². The molecule has 0 fully saturated rings. The summed E-state index contributed by atoms with van der Waals surface area (Å²) in [6.07, 6.45) is 1.94. The average molecular weight is 278 g/mol. The van der Waals surface area contributed by atoms with Gasteiger partial charge in [0.15, 0.2) is 0 Å². The molecule has 1 aromatic carbocycles. The van der Waals surface area contributed by atoms with Crippen LogP contribution in [0, 0.1) is 0 Å². The Bertz CT molecular complexity index is 716. The molecule has 0 radical (unpaired) electrons. The van der Waals surface area contributed by atoms with E-state index in [1.54, 1.807) is 0 Å². The van der Waals surface area contributed by atoms with E-state index < -0.39 is 0 Å². The fraction of sp³-hybridized carbons (Fsp3) is 0.235. The van der Waals surface area contributed by atoms with E-state index in [0.717, 1.165) is 23.6 Å². The molecule has 0 aliphatic rings. The van der Waals surface area contributed by atoms with Crippen molar-refractivity contribution in [1.29, 1.82) is 0 Å². The zero-order valence-electron chi connectivity index (χ0n) is 12.3. The predicted octanol–water partition coefficient (Wildman–Crippen LogP) is 3.51. The van der Waals surface area contributed by atoms with Crippen molar-refractivity contribution < 1.29 is 0 Å². The van der Waals surface area contributed by atoms with Crippen LogP contribution in [0.5, 0.6) is 0 Å². The molecule has 0 bridgehead atoms. The Morgan fingerprint density at radius 1 is 0.952 bits per heavy atom. The molecule has 0 aliphatic carbocycles. The molecule has 0 spiro atoms. The van der Waals surface area contributed by atoms with E-state index in [9.17, 15) is 0 Å². The number of hydrogen-bond acceptors (Lipinski definition) is 3. The Hall–Kier alpha value is -2.49. The summed E-state index contributed by atoms with van der Waals surface area (Å²) >= 11 is 0. The Morgan fingerprint density at radius 3 is 2.52 bits per heavy atom. The highest BCUT2D eigenvalue weighted by Gasteiger charge is 2.08. The molecule has 4 nitrogen and oxygen atoms in total. The van der Waals surface area contributed by atoms with Crippen LogP contribution in [0.2, 0.25) is 0 Å². The predicted molar refractivity (Wildman–Crippen MR) is 82.9 cm³/mol. The maximum Gasteiger partial charge on any atom is 0.131 e. The summed E-state index contributed by atoms with van der Waals surface area (Å²) < 4.78 is 1.84. The van der Waals surface area contributed by atoms with Gasteiger partial charge in [0.05, 0.1) is 18.4 Å². The lowest BCUT2D eigenvalue weighted by atomic mass is 10.1. The number of benzene rings is 1. The van der Waals surface area contributed by atoms with Gasteiger partial charge in [0.1, 0.15) is 5.69 Å². The highest BCUT2D eigenvalue weighted by atomic mass is 15.4.